The van der Waals surface area contributed by atoms with Crippen LogP contribution in [0, 0.1) is 0 Å². The van der Waals surface area contributed by atoms with Crippen LogP contribution >= 0.6 is 0 Å². The van der Waals surface area contributed by atoms with Crippen molar-refractivity contribution in [2.45, 2.75) is 133 Å². The molecule has 3 aliphatic heterocycles. The van der Waals surface area contributed by atoms with Gasteiger partial charge in [0.25, 0.3) is 0 Å². The van der Waals surface area contributed by atoms with Crippen LogP contribution in [0.4, 0.5) is 4.79 Å². The molecule has 0 aromatic heterocycles. The Kier molecular flexibility index (Phi) is 13.0. The van der Waals surface area contributed by atoms with Crippen molar-refractivity contribution in [3.05, 3.63) is 71.8 Å². The minimum Gasteiger partial charge on any atom is -0.459 e. The largest absolute Gasteiger partial charge is 0.510 e. The minimum atomic E-state index is -1.59. The highest BCUT2D eigenvalue weighted by atomic mass is 16.8. The van der Waals surface area contributed by atoms with Crippen LogP contribution in [-0.2, 0) is 29.3 Å². The number of hydrogen-bond donors (Lipinski definition) is 0. The Hall–Kier alpha value is -2.90. The van der Waals surface area contributed by atoms with Crippen molar-refractivity contribution >= 4 is 12.1 Å². The number of benzene rings is 2. The molecule has 252 valence electrons. The summed E-state index contributed by atoms with van der Waals surface area (Å²) in [5, 5.41) is 0. The second-order valence-electron chi connectivity index (χ2n) is 13.7. The molecule has 3 saturated heterocycles. The third-order valence-corrected chi connectivity index (χ3v) is 10.8. The van der Waals surface area contributed by atoms with Crippen LogP contribution in [0.3, 0.4) is 0 Å². The molecule has 2 unspecified atom stereocenters. The number of carbonyl (C=O) groups is 2. The summed E-state index contributed by atoms with van der Waals surface area (Å²) < 4.78 is 24.7. The molecule has 0 amide bonds. The van der Waals surface area contributed by atoms with E-state index in [4.69, 9.17) is 18.9 Å². The fraction of sp³-hybridized carbons (Fsp3) is 0.641. The van der Waals surface area contributed by atoms with Crippen molar-refractivity contribution in [1.82, 2.24) is 0 Å². The number of carbonyl (C=O) groups excluding carboxylic acids is 2. The molecule has 1 spiro atoms. The molecule has 0 aliphatic carbocycles. The van der Waals surface area contributed by atoms with Gasteiger partial charge in [0.05, 0.1) is 31.8 Å². The van der Waals surface area contributed by atoms with Crippen molar-refractivity contribution in [2.75, 3.05) is 26.5 Å². The van der Waals surface area contributed by atoms with E-state index in [1.807, 2.05) is 60.7 Å². The number of ether oxygens (including phenoxy) is 4. The quantitative estimate of drug-likeness (QED) is 0.0706. The van der Waals surface area contributed by atoms with Crippen molar-refractivity contribution in [3.63, 3.8) is 0 Å². The van der Waals surface area contributed by atoms with Crippen molar-refractivity contribution < 1.29 is 33.0 Å². The first kappa shape index (κ1) is 34.4. The van der Waals surface area contributed by atoms with Gasteiger partial charge in [0.2, 0.25) is 5.60 Å². The van der Waals surface area contributed by atoms with Crippen molar-refractivity contribution in [3.8, 4) is 0 Å². The fourth-order valence-electron chi connectivity index (χ4n) is 8.47. The first-order chi connectivity index (χ1) is 22.6. The highest BCUT2D eigenvalue weighted by Gasteiger charge is 2.57. The minimum absolute atomic E-state index is 0.156. The molecule has 0 N–H and O–H groups in total. The molecule has 3 aliphatic rings. The zero-order valence-electron chi connectivity index (χ0n) is 28.0. The summed E-state index contributed by atoms with van der Waals surface area (Å²) in [5.41, 5.74) is -0.318. The first-order valence-electron chi connectivity index (χ1n) is 18.2. The first-order valence-corrected chi connectivity index (χ1v) is 18.2. The molecule has 2 atom stereocenters. The highest BCUT2D eigenvalue weighted by Crippen LogP contribution is 2.47. The number of nitrogens with zero attached hydrogens (tertiary/aromatic N) is 1. The maximum atomic E-state index is 14.4. The molecule has 5 rings (SSSR count). The monoisotopic (exact) mass is 634 g/mol. The average molecular weight is 635 g/mol. The number of unbranched alkanes of at least 4 members (excludes halogenated alkanes) is 9. The summed E-state index contributed by atoms with van der Waals surface area (Å²) in [6.07, 6.45) is 18.0. The van der Waals surface area contributed by atoms with Crippen LogP contribution in [0.2, 0.25) is 0 Å². The molecule has 3 heterocycles. The van der Waals surface area contributed by atoms with Gasteiger partial charge in [0.15, 0.2) is 6.79 Å². The Balaban J connectivity index is 1.17. The molecule has 2 aromatic rings. The predicted octanol–water partition coefficient (Wildman–Crippen LogP) is 8.83. The molecule has 46 heavy (non-hydrogen) atoms. The Morgan fingerprint density at radius 1 is 0.717 bits per heavy atom. The predicted molar refractivity (Wildman–Crippen MR) is 179 cm³/mol. The van der Waals surface area contributed by atoms with E-state index in [9.17, 15) is 9.59 Å². The standard InChI is InChI=1S/C39H56NO6/c1-2-3-4-5-6-7-8-9-10-19-28-43-38(42)44-31-45-39(32-20-13-11-14-21-32,33-22-15-12-16-23-33)37(41)46-36-29-34-24-25-35(30-36)40(34)26-17-18-27-40/h11-16,20-23,34-36H,2-10,17-19,24-31H2,1H3/q+1. The van der Waals surface area contributed by atoms with E-state index in [1.165, 1.54) is 88.2 Å². The smallest absolute Gasteiger partial charge is 0.459 e. The lowest BCUT2D eigenvalue weighted by atomic mass is 9.85. The van der Waals surface area contributed by atoms with Crippen LogP contribution in [0.5, 0.6) is 0 Å². The van der Waals surface area contributed by atoms with Crippen molar-refractivity contribution in [1.29, 1.82) is 0 Å². The third kappa shape index (κ3) is 8.32. The number of rotatable bonds is 18. The SMILES string of the molecule is CCCCCCCCCCCCOC(=O)OCOC(C(=O)OC1CC2CCC(C1)[N+]21CCCC1)(c1ccccc1)c1ccccc1. The van der Waals surface area contributed by atoms with Gasteiger partial charge in [-0.05, 0) is 17.5 Å². The summed E-state index contributed by atoms with van der Waals surface area (Å²) in [6, 6.07) is 19.9. The van der Waals surface area contributed by atoms with Crippen LogP contribution in [0.1, 0.15) is 121 Å². The van der Waals surface area contributed by atoms with E-state index in [0.29, 0.717) is 29.8 Å². The summed E-state index contributed by atoms with van der Waals surface area (Å²) in [5.74, 6) is -0.466. The molecular weight excluding hydrogens is 578 g/mol. The zero-order chi connectivity index (χ0) is 32.1. The number of esters is 1. The number of piperidine rings is 1. The van der Waals surface area contributed by atoms with Gasteiger partial charge < -0.3 is 23.4 Å². The molecule has 7 heteroatoms. The molecule has 2 aromatic carbocycles. The van der Waals surface area contributed by atoms with Crippen LogP contribution in [-0.4, -0.2) is 61.3 Å². The van der Waals surface area contributed by atoms with E-state index in [-0.39, 0.29) is 6.10 Å². The molecule has 2 bridgehead atoms. The van der Waals surface area contributed by atoms with E-state index in [1.54, 1.807) is 0 Å². The van der Waals surface area contributed by atoms with Gasteiger partial charge in [0.1, 0.15) is 6.10 Å². The third-order valence-electron chi connectivity index (χ3n) is 10.8. The van der Waals surface area contributed by atoms with E-state index < -0.39 is 24.5 Å². The van der Waals surface area contributed by atoms with E-state index in [0.717, 1.165) is 32.1 Å². The summed E-state index contributed by atoms with van der Waals surface area (Å²) in [7, 11) is 0. The van der Waals surface area contributed by atoms with Gasteiger partial charge in [-0.25, -0.2) is 9.59 Å². The average Bonchev–Trinajstić information content (AvgIpc) is 3.63. The summed E-state index contributed by atoms with van der Waals surface area (Å²) >= 11 is 0. The van der Waals surface area contributed by atoms with Crippen LogP contribution in [0.25, 0.3) is 0 Å². The van der Waals surface area contributed by atoms with Gasteiger partial charge in [-0.1, -0.05) is 125 Å². The van der Waals surface area contributed by atoms with Gasteiger partial charge in [-0.2, -0.15) is 0 Å². The van der Waals surface area contributed by atoms with Crippen LogP contribution in [0.15, 0.2) is 60.7 Å². The van der Waals surface area contributed by atoms with Crippen molar-refractivity contribution in [2.24, 2.45) is 0 Å². The second-order valence-corrected chi connectivity index (χ2v) is 13.7. The normalized spacial score (nSPS) is 21.7. The Morgan fingerprint density at radius 2 is 1.24 bits per heavy atom. The molecule has 0 radical (unpaired) electrons. The van der Waals surface area contributed by atoms with Gasteiger partial charge in [-0.3, -0.25) is 0 Å². The van der Waals surface area contributed by atoms with E-state index >= 15 is 0 Å². The lowest BCUT2D eigenvalue weighted by Crippen LogP contribution is -2.60. The number of quaternary nitrogens is 1. The lowest BCUT2D eigenvalue weighted by molar-refractivity contribution is -0.956. The number of hydrogen-bond acceptors (Lipinski definition) is 6. The van der Waals surface area contributed by atoms with E-state index in [2.05, 4.69) is 6.92 Å². The van der Waals surface area contributed by atoms with Gasteiger partial charge >= 0.3 is 12.1 Å². The lowest BCUT2D eigenvalue weighted by Gasteiger charge is -2.47. The topological polar surface area (TPSA) is 71.1 Å². The van der Waals surface area contributed by atoms with Crippen LogP contribution < -0.4 is 0 Å². The molecular formula is C39H56NO6+. The second kappa shape index (κ2) is 17.3. The molecule has 7 nitrogen and oxygen atoms in total. The molecule has 0 saturated carbocycles. The summed E-state index contributed by atoms with van der Waals surface area (Å²) in [6.45, 7) is 4.65. The highest BCUT2D eigenvalue weighted by molar-refractivity contribution is 5.86. The summed E-state index contributed by atoms with van der Waals surface area (Å²) in [4.78, 5) is 26.9. The maximum absolute atomic E-state index is 14.4. The van der Waals surface area contributed by atoms with Gasteiger partial charge in [0, 0.05) is 38.5 Å². The molecule has 3 fully saturated rings. The zero-order valence-corrected chi connectivity index (χ0v) is 28.0. The Bertz CT molecular complexity index is 1140. The maximum Gasteiger partial charge on any atom is 0.510 e. The fourth-order valence-corrected chi connectivity index (χ4v) is 8.47. The van der Waals surface area contributed by atoms with Gasteiger partial charge in [-0.15, -0.1) is 0 Å². The Labute approximate surface area is 276 Å². The Morgan fingerprint density at radius 3 is 1.78 bits per heavy atom.